The van der Waals surface area contributed by atoms with E-state index >= 15 is 0 Å². The van der Waals surface area contributed by atoms with Crippen LogP contribution in [0.2, 0.25) is 0 Å². The third kappa shape index (κ3) is 1.89. The van der Waals surface area contributed by atoms with Gasteiger partial charge >= 0.3 is 0 Å². The molecule has 0 amide bonds. The number of nitrogens with zero attached hydrogens (tertiary/aromatic N) is 5. The number of rotatable bonds is 2. The largest absolute Gasteiger partial charge is 0.341 e. The first-order valence-electron chi connectivity index (χ1n) is 5.05. The fourth-order valence-electron chi connectivity index (χ4n) is 1.43. The van der Waals surface area contributed by atoms with Gasteiger partial charge in [0.05, 0.1) is 11.9 Å². The van der Waals surface area contributed by atoms with Crippen molar-refractivity contribution in [2.24, 2.45) is 0 Å². The summed E-state index contributed by atoms with van der Waals surface area (Å²) in [4.78, 5) is 19.5. The maximum atomic E-state index is 8.70. The summed E-state index contributed by atoms with van der Waals surface area (Å²) in [6.07, 6.45) is 4.58. The summed E-state index contributed by atoms with van der Waals surface area (Å²) in [6, 6.07) is 5.54. The summed E-state index contributed by atoms with van der Waals surface area (Å²) < 4.78 is 0. The summed E-state index contributed by atoms with van der Waals surface area (Å²) in [7, 11) is 0. The smallest absolute Gasteiger partial charge is 0.181 e. The van der Waals surface area contributed by atoms with E-state index in [0.29, 0.717) is 11.2 Å². The van der Waals surface area contributed by atoms with Gasteiger partial charge in [0.1, 0.15) is 28.0 Å². The Bertz CT molecular complexity index is 727. The molecule has 0 bridgehead atoms. The van der Waals surface area contributed by atoms with E-state index in [1.807, 2.05) is 6.07 Å². The van der Waals surface area contributed by atoms with Crippen molar-refractivity contribution >= 4 is 22.9 Å². The van der Waals surface area contributed by atoms with E-state index in [2.05, 4.69) is 24.9 Å². The maximum Gasteiger partial charge on any atom is 0.181 e. The Kier molecular flexibility index (Phi) is 2.63. The molecule has 0 saturated heterocycles. The van der Waals surface area contributed by atoms with E-state index in [1.165, 1.54) is 24.3 Å². The van der Waals surface area contributed by atoms with Crippen LogP contribution in [0, 0.1) is 11.3 Å². The van der Waals surface area contributed by atoms with Crippen molar-refractivity contribution in [2.45, 2.75) is 10.1 Å². The summed E-state index contributed by atoms with van der Waals surface area (Å²) in [5, 5.41) is 10.2. The van der Waals surface area contributed by atoms with E-state index in [1.54, 1.807) is 18.5 Å². The lowest BCUT2D eigenvalue weighted by molar-refractivity contribution is 1.07. The molecule has 0 aliphatic heterocycles. The summed E-state index contributed by atoms with van der Waals surface area (Å²) in [6.45, 7) is 0. The Morgan fingerprint density at radius 3 is 2.89 bits per heavy atom. The Morgan fingerprint density at radius 2 is 2.11 bits per heavy atom. The third-order valence-corrected chi connectivity index (χ3v) is 3.21. The molecule has 18 heavy (non-hydrogen) atoms. The Labute approximate surface area is 106 Å². The van der Waals surface area contributed by atoms with Crippen LogP contribution in [0.4, 0.5) is 0 Å². The van der Waals surface area contributed by atoms with Gasteiger partial charge in [0.15, 0.2) is 5.65 Å². The van der Waals surface area contributed by atoms with Crippen molar-refractivity contribution in [3.8, 4) is 6.07 Å². The van der Waals surface area contributed by atoms with E-state index < -0.39 is 0 Å². The summed E-state index contributed by atoms with van der Waals surface area (Å²) >= 11 is 1.40. The average Bonchev–Trinajstić information content (AvgIpc) is 2.89. The fourth-order valence-corrected chi connectivity index (χ4v) is 2.22. The number of fused-ring (bicyclic) bond motifs is 1. The van der Waals surface area contributed by atoms with Crippen LogP contribution in [0.5, 0.6) is 0 Å². The van der Waals surface area contributed by atoms with Crippen molar-refractivity contribution < 1.29 is 0 Å². The molecule has 0 fully saturated rings. The van der Waals surface area contributed by atoms with Crippen LogP contribution >= 0.6 is 11.8 Å². The zero-order chi connectivity index (χ0) is 12.4. The first-order chi connectivity index (χ1) is 8.86. The van der Waals surface area contributed by atoms with Crippen LogP contribution in [-0.2, 0) is 0 Å². The van der Waals surface area contributed by atoms with Crippen LogP contribution in [-0.4, -0.2) is 24.9 Å². The van der Waals surface area contributed by atoms with Crippen molar-refractivity contribution in [1.29, 1.82) is 5.26 Å². The SMILES string of the molecule is N#Cc1ccc(Sc2ncnc3nc[nH]c23)nc1. The Morgan fingerprint density at radius 1 is 1.17 bits per heavy atom. The summed E-state index contributed by atoms with van der Waals surface area (Å²) in [5.74, 6) is 0. The highest BCUT2D eigenvalue weighted by atomic mass is 32.2. The van der Waals surface area contributed by atoms with Gasteiger partial charge in [-0.25, -0.2) is 19.9 Å². The Balaban J connectivity index is 1.96. The first-order valence-corrected chi connectivity index (χ1v) is 5.86. The van der Waals surface area contributed by atoms with E-state index in [-0.39, 0.29) is 0 Å². The van der Waals surface area contributed by atoms with Gasteiger partial charge in [0.2, 0.25) is 0 Å². The number of nitriles is 1. The first kappa shape index (κ1) is 10.7. The highest BCUT2D eigenvalue weighted by molar-refractivity contribution is 7.99. The van der Waals surface area contributed by atoms with Gasteiger partial charge in [-0.2, -0.15) is 5.26 Å². The normalized spacial score (nSPS) is 10.4. The minimum absolute atomic E-state index is 0.536. The molecule has 0 saturated carbocycles. The molecule has 1 N–H and O–H groups in total. The van der Waals surface area contributed by atoms with E-state index in [4.69, 9.17) is 5.26 Å². The molecule has 0 spiro atoms. The monoisotopic (exact) mass is 254 g/mol. The lowest BCUT2D eigenvalue weighted by Crippen LogP contribution is -1.87. The molecule has 0 radical (unpaired) electrons. The van der Waals surface area contributed by atoms with Crippen molar-refractivity contribution in [3.63, 3.8) is 0 Å². The van der Waals surface area contributed by atoms with Gasteiger partial charge in [-0.1, -0.05) is 0 Å². The minimum Gasteiger partial charge on any atom is -0.341 e. The van der Waals surface area contributed by atoms with Crippen LogP contribution < -0.4 is 0 Å². The molecular weight excluding hydrogens is 248 g/mol. The second-order valence-electron chi connectivity index (χ2n) is 3.38. The molecule has 0 aliphatic rings. The van der Waals surface area contributed by atoms with Crippen LogP contribution in [0.1, 0.15) is 5.56 Å². The zero-order valence-corrected chi connectivity index (χ0v) is 9.85. The van der Waals surface area contributed by atoms with Crippen LogP contribution in [0.3, 0.4) is 0 Å². The average molecular weight is 254 g/mol. The van der Waals surface area contributed by atoms with Gasteiger partial charge in [0.25, 0.3) is 0 Å². The predicted molar refractivity (Wildman–Crippen MR) is 64.8 cm³/mol. The highest BCUT2D eigenvalue weighted by Crippen LogP contribution is 2.27. The number of hydrogen-bond donors (Lipinski definition) is 1. The topological polar surface area (TPSA) is 91.1 Å². The number of imidazole rings is 1. The van der Waals surface area contributed by atoms with Gasteiger partial charge in [-0.3, -0.25) is 0 Å². The molecule has 7 heteroatoms. The minimum atomic E-state index is 0.536. The second-order valence-corrected chi connectivity index (χ2v) is 4.39. The van der Waals surface area contributed by atoms with Crippen LogP contribution in [0.15, 0.2) is 41.0 Å². The molecule has 3 heterocycles. The van der Waals surface area contributed by atoms with Crippen molar-refractivity contribution in [3.05, 3.63) is 36.5 Å². The van der Waals surface area contributed by atoms with Crippen molar-refractivity contribution in [2.75, 3.05) is 0 Å². The molecule has 3 aromatic rings. The van der Waals surface area contributed by atoms with E-state index in [0.717, 1.165) is 15.6 Å². The van der Waals surface area contributed by atoms with Gasteiger partial charge in [-0.05, 0) is 23.9 Å². The molecule has 0 atom stereocenters. The zero-order valence-electron chi connectivity index (χ0n) is 9.03. The van der Waals surface area contributed by atoms with Crippen LogP contribution in [0.25, 0.3) is 11.2 Å². The number of pyridine rings is 1. The maximum absolute atomic E-state index is 8.70. The molecule has 0 aliphatic carbocycles. The third-order valence-electron chi connectivity index (χ3n) is 2.25. The molecule has 0 aromatic carbocycles. The quantitative estimate of drug-likeness (QED) is 0.701. The molecule has 0 unspecified atom stereocenters. The standard InChI is InChI=1S/C11H6N6S/c12-3-7-1-2-8(13-4-7)18-11-9-10(15-5-14-9)16-6-17-11/h1-2,4-6H,(H,14,15,16,17). The lowest BCUT2D eigenvalue weighted by Gasteiger charge is -2.00. The summed E-state index contributed by atoms with van der Waals surface area (Å²) in [5.41, 5.74) is 1.95. The Hall–Kier alpha value is -2.46. The van der Waals surface area contributed by atoms with Gasteiger partial charge in [0, 0.05) is 6.20 Å². The number of aromatic amines is 1. The van der Waals surface area contributed by atoms with Crippen molar-refractivity contribution in [1.82, 2.24) is 24.9 Å². The number of H-pyrrole nitrogens is 1. The van der Waals surface area contributed by atoms with Gasteiger partial charge in [-0.15, -0.1) is 0 Å². The molecule has 86 valence electrons. The van der Waals surface area contributed by atoms with E-state index in [9.17, 15) is 0 Å². The molecule has 3 aromatic heterocycles. The number of hydrogen-bond acceptors (Lipinski definition) is 6. The molecule has 3 rings (SSSR count). The second kappa shape index (κ2) is 4.43. The lowest BCUT2D eigenvalue weighted by atomic mass is 10.3. The highest BCUT2D eigenvalue weighted by Gasteiger charge is 2.08. The fraction of sp³-hybridized carbons (Fsp3) is 0. The number of nitrogens with one attached hydrogen (secondary N) is 1. The van der Waals surface area contributed by atoms with Gasteiger partial charge < -0.3 is 4.98 Å². The molecular formula is C11H6N6S. The molecule has 6 nitrogen and oxygen atoms in total. The number of aromatic nitrogens is 5. The predicted octanol–water partition coefficient (Wildman–Crippen LogP) is 1.77.